The third-order valence-electron chi connectivity index (χ3n) is 5.26. The van der Waals surface area contributed by atoms with E-state index in [-0.39, 0.29) is 6.10 Å². The first-order chi connectivity index (χ1) is 10.3. The molecule has 0 amide bonds. The fourth-order valence-corrected chi connectivity index (χ4v) is 4.12. The van der Waals surface area contributed by atoms with Crippen molar-refractivity contribution in [1.82, 2.24) is 15.0 Å². The first-order valence-electron chi connectivity index (χ1n) is 8.04. The third-order valence-corrected chi connectivity index (χ3v) is 5.26. The number of aromatic amines is 1. The van der Waals surface area contributed by atoms with Gasteiger partial charge in [-0.3, -0.25) is 0 Å². The van der Waals surface area contributed by atoms with Crippen LogP contribution in [0.1, 0.15) is 32.1 Å². The van der Waals surface area contributed by atoms with E-state index in [0.29, 0.717) is 11.8 Å². The van der Waals surface area contributed by atoms with Crippen LogP contribution in [0.5, 0.6) is 0 Å². The Labute approximate surface area is 124 Å². The van der Waals surface area contributed by atoms with Gasteiger partial charge in [-0.1, -0.05) is 25.7 Å². The molecule has 0 bridgehead atoms. The van der Waals surface area contributed by atoms with E-state index in [1.54, 1.807) is 6.33 Å². The average molecular weight is 286 g/mol. The van der Waals surface area contributed by atoms with Crippen molar-refractivity contribution in [2.24, 2.45) is 11.8 Å². The molecule has 21 heavy (non-hydrogen) atoms. The molecule has 2 N–H and O–H groups in total. The van der Waals surface area contributed by atoms with Gasteiger partial charge in [-0.25, -0.2) is 9.97 Å². The van der Waals surface area contributed by atoms with Crippen molar-refractivity contribution < 1.29 is 5.11 Å². The van der Waals surface area contributed by atoms with Gasteiger partial charge in [-0.15, -0.1) is 0 Å². The number of aliphatic hydroxyl groups excluding tert-OH is 1. The monoisotopic (exact) mass is 286 g/mol. The number of hydrogen-bond donors (Lipinski definition) is 2. The molecule has 2 fully saturated rings. The molecule has 3 heterocycles. The van der Waals surface area contributed by atoms with Crippen LogP contribution in [0.15, 0.2) is 18.6 Å². The van der Waals surface area contributed by atoms with E-state index in [2.05, 4.69) is 19.9 Å². The summed E-state index contributed by atoms with van der Waals surface area (Å²) >= 11 is 0. The lowest BCUT2D eigenvalue weighted by Crippen LogP contribution is -2.46. The summed E-state index contributed by atoms with van der Waals surface area (Å²) in [7, 11) is 0. The van der Waals surface area contributed by atoms with Crippen LogP contribution in [-0.4, -0.2) is 39.3 Å². The van der Waals surface area contributed by atoms with Crippen molar-refractivity contribution in [2.75, 3.05) is 18.0 Å². The third kappa shape index (κ3) is 2.29. The molecule has 2 aliphatic rings. The van der Waals surface area contributed by atoms with Gasteiger partial charge in [0.2, 0.25) is 0 Å². The molecule has 2 aromatic rings. The second-order valence-electron chi connectivity index (χ2n) is 6.45. The maximum Gasteiger partial charge on any atom is 0.142 e. The van der Waals surface area contributed by atoms with Crippen molar-refractivity contribution in [3.05, 3.63) is 18.6 Å². The number of piperidine rings is 1. The Morgan fingerprint density at radius 2 is 2.05 bits per heavy atom. The maximum atomic E-state index is 10.4. The second-order valence-corrected chi connectivity index (χ2v) is 6.45. The molecule has 2 atom stereocenters. The fourth-order valence-electron chi connectivity index (χ4n) is 4.12. The lowest BCUT2D eigenvalue weighted by Gasteiger charge is -2.39. The Morgan fingerprint density at radius 1 is 1.19 bits per heavy atom. The molecule has 0 radical (unpaired) electrons. The Hall–Kier alpha value is -1.62. The highest BCUT2D eigenvalue weighted by molar-refractivity contribution is 5.87. The predicted molar refractivity (Wildman–Crippen MR) is 82.2 cm³/mol. The molecule has 0 spiro atoms. The van der Waals surface area contributed by atoms with Crippen molar-refractivity contribution in [1.29, 1.82) is 0 Å². The number of anilines is 1. The number of aromatic nitrogens is 3. The summed E-state index contributed by atoms with van der Waals surface area (Å²) < 4.78 is 0. The predicted octanol–water partition coefficient (Wildman–Crippen LogP) is 2.34. The van der Waals surface area contributed by atoms with Crippen LogP contribution in [0.2, 0.25) is 0 Å². The Balaban J connectivity index is 1.61. The number of H-pyrrole nitrogens is 1. The second kappa shape index (κ2) is 5.30. The van der Waals surface area contributed by atoms with E-state index in [1.165, 1.54) is 25.7 Å². The minimum Gasteiger partial charge on any atom is -0.393 e. The molecular weight excluding hydrogens is 264 g/mol. The molecule has 112 valence electrons. The van der Waals surface area contributed by atoms with E-state index < -0.39 is 0 Å². The normalized spacial score (nSPS) is 27.6. The van der Waals surface area contributed by atoms with E-state index in [9.17, 15) is 5.11 Å². The SMILES string of the molecule is O[C@@H]1CCN(c2ncnc3[nH]ccc23)C[C@H]1C1CCCC1. The average Bonchev–Trinajstić information content (AvgIpc) is 3.18. The Bertz CT molecular complexity index is 620. The molecule has 1 saturated carbocycles. The van der Waals surface area contributed by atoms with Crippen molar-refractivity contribution in [3.8, 4) is 0 Å². The van der Waals surface area contributed by atoms with Crippen LogP contribution in [0.3, 0.4) is 0 Å². The number of fused-ring (bicyclic) bond motifs is 1. The quantitative estimate of drug-likeness (QED) is 0.889. The minimum atomic E-state index is -0.145. The van der Waals surface area contributed by atoms with Gasteiger partial charge in [0.25, 0.3) is 0 Å². The largest absolute Gasteiger partial charge is 0.393 e. The molecule has 4 rings (SSSR count). The summed E-state index contributed by atoms with van der Waals surface area (Å²) in [4.78, 5) is 14.3. The fraction of sp³-hybridized carbons (Fsp3) is 0.625. The van der Waals surface area contributed by atoms with Gasteiger partial charge in [0.15, 0.2) is 0 Å². The van der Waals surface area contributed by atoms with Gasteiger partial charge in [0.05, 0.1) is 11.5 Å². The summed E-state index contributed by atoms with van der Waals surface area (Å²) in [5, 5.41) is 11.5. The van der Waals surface area contributed by atoms with Gasteiger partial charge < -0.3 is 15.0 Å². The summed E-state index contributed by atoms with van der Waals surface area (Å²) in [6.45, 7) is 1.80. The molecule has 5 heteroatoms. The number of aliphatic hydroxyl groups is 1. The van der Waals surface area contributed by atoms with E-state index in [4.69, 9.17) is 0 Å². The van der Waals surface area contributed by atoms with Gasteiger partial charge in [0, 0.05) is 25.2 Å². The molecule has 1 saturated heterocycles. The van der Waals surface area contributed by atoms with Gasteiger partial charge in [-0.2, -0.15) is 0 Å². The Morgan fingerprint density at radius 3 is 2.90 bits per heavy atom. The first-order valence-corrected chi connectivity index (χ1v) is 8.04. The zero-order valence-electron chi connectivity index (χ0n) is 12.2. The molecule has 0 unspecified atom stereocenters. The molecule has 0 aromatic carbocycles. The molecule has 1 aliphatic carbocycles. The van der Waals surface area contributed by atoms with E-state index >= 15 is 0 Å². The van der Waals surface area contributed by atoms with Crippen molar-refractivity contribution in [2.45, 2.75) is 38.2 Å². The van der Waals surface area contributed by atoms with Gasteiger partial charge >= 0.3 is 0 Å². The lowest BCUT2D eigenvalue weighted by molar-refractivity contribution is 0.0562. The first kappa shape index (κ1) is 13.1. The smallest absolute Gasteiger partial charge is 0.142 e. The standard InChI is InChI=1S/C16H22N4O/c21-14-6-8-20(9-13(14)11-3-1-2-4-11)16-12-5-7-17-15(12)18-10-19-16/h5,7,10-11,13-14,21H,1-4,6,8-9H2,(H,17,18,19)/t13-,14+/m0/s1. The van der Waals surface area contributed by atoms with Crippen LogP contribution in [0, 0.1) is 11.8 Å². The minimum absolute atomic E-state index is 0.145. The highest BCUT2D eigenvalue weighted by Gasteiger charge is 2.35. The summed E-state index contributed by atoms with van der Waals surface area (Å²) in [6.07, 6.45) is 9.44. The molecule has 1 aliphatic heterocycles. The highest BCUT2D eigenvalue weighted by Crippen LogP contribution is 2.37. The van der Waals surface area contributed by atoms with Crippen LogP contribution >= 0.6 is 0 Å². The van der Waals surface area contributed by atoms with Gasteiger partial charge in [-0.05, 0) is 18.4 Å². The number of nitrogens with zero attached hydrogens (tertiary/aromatic N) is 3. The van der Waals surface area contributed by atoms with Crippen molar-refractivity contribution >= 4 is 16.9 Å². The lowest BCUT2D eigenvalue weighted by atomic mass is 9.82. The number of hydrogen-bond acceptors (Lipinski definition) is 4. The van der Waals surface area contributed by atoms with Crippen LogP contribution in [-0.2, 0) is 0 Å². The molecule has 5 nitrogen and oxygen atoms in total. The number of rotatable bonds is 2. The van der Waals surface area contributed by atoms with Crippen LogP contribution in [0.4, 0.5) is 5.82 Å². The summed E-state index contributed by atoms with van der Waals surface area (Å²) in [5.74, 6) is 2.09. The maximum absolute atomic E-state index is 10.4. The van der Waals surface area contributed by atoms with Crippen LogP contribution < -0.4 is 4.90 Å². The summed E-state index contributed by atoms with van der Waals surface area (Å²) in [5.41, 5.74) is 0.892. The van der Waals surface area contributed by atoms with E-state index in [1.807, 2.05) is 12.3 Å². The van der Waals surface area contributed by atoms with Crippen molar-refractivity contribution in [3.63, 3.8) is 0 Å². The zero-order chi connectivity index (χ0) is 14.2. The highest BCUT2D eigenvalue weighted by atomic mass is 16.3. The zero-order valence-corrected chi connectivity index (χ0v) is 12.2. The summed E-state index contributed by atoms with van der Waals surface area (Å²) in [6, 6.07) is 2.04. The topological polar surface area (TPSA) is 65.0 Å². The van der Waals surface area contributed by atoms with Gasteiger partial charge in [0.1, 0.15) is 17.8 Å². The molecular formula is C16H22N4O. The molecule has 2 aromatic heterocycles. The number of nitrogens with one attached hydrogen (secondary N) is 1. The Kier molecular flexibility index (Phi) is 3.30. The van der Waals surface area contributed by atoms with Crippen LogP contribution in [0.25, 0.3) is 11.0 Å². The van der Waals surface area contributed by atoms with E-state index in [0.717, 1.165) is 36.4 Å².